The number of aromatic amines is 1. The Labute approximate surface area is 92.0 Å². The molecule has 2 aromatic rings. The normalized spacial score (nSPS) is 15.0. The van der Waals surface area contributed by atoms with Gasteiger partial charge in [0, 0.05) is 16.1 Å². The van der Waals surface area contributed by atoms with Crippen LogP contribution in [0.15, 0.2) is 12.1 Å². The van der Waals surface area contributed by atoms with Crippen LogP contribution in [0.1, 0.15) is 17.7 Å². The molecule has 1 aliphatic rings. The van der Waals surface area contributed by atoms with Crippen molar-refractivity contribution in [3.05, 3.63) is 33.4 Å². The Kier molecular flexibility index (Phi) is 1.80. The Bertz CT molecular complexity index is 513. The third-order valence-corrected chi connectivity index (χ3v) is 3.39. The summed E-state index contributed by atoms with van der Waals surface area (Å²) in [4.78, 5) is 3.38. The quantitative estimate of drug-likeness (QED) is 0.699. The van der Waals surface area contributed by atoms with Crippen molar-refractivity contribution in [2.75, 3.05) is 0 Å². The van der Waals surface area contributed by atoms with E-state index in [0.717, 1.165) is 28.4 Å². The lowest BCUT2D eigenvalue weighted by Gasteiger charge is -1.97. The van der Waals surface area contributed by atoms with Gasteiger partial charge in [-0.05, 0) is 37.0 Å². The minimum Gasteiger partial charge on any atom is -0.357 e. The molecule has 0 saturated heterocycles. The van der Waals surface area contributed by atoms with Crippen molar-refractivity contribution in [1.29, 1.82) is 0 Å². The highest BCUT2D eigenvalue weighted by Gasteiger charge is 2.18. The number of aryl methyl sites for hydroxylation is 2. The van der Waals surface area contributed by atoms with E-state index in [1.54, 1.807) is 6.07 Å². The van der Waals surface area contributed by atoms with E-state index in [2.05, 4.69) is 4.98 Å². The van der Waals surface area contributed by atoms with Gasteiger partial charge < -0.3 is 4.98 Å². The Morgan fingerprint density at radius 1 is 1.14 bits per heavy atom. The van der Waals surface area contributed by atoms with Gasteiger partial charge in [-0.1, -0.05) is 23.2 Å². The Balaban J connectivity index is 2.43. The van der Waals surface area contributed by atoms with Crippen molar-refractivity contribution in [2.24, 2.45) is 0 Å². The first-order valence-electron chi connectivity index (χ1n) is 4.74. The minimum absolute atomic E-state index is 0.719. The second-order valence-corrected chi connectivity index (χ2v) is 4.59. The molecular formula is C11H9Cl2N. The SMILES string of the molecule is Clc1cc(Cl)c2[nH]c3c(c2c1)CCC3. The molecular weight excluding hydrogens is 217 g/mol. The molecule has 72 valence electrons. The minimum atomic E-state index is 0.719. The van der Waals surface area contributed by atoms with Crippen molar-refractivity contribution >= 4 is 34.1 Å². The highest BCUT2D eigenvalue weighted by Crippen LogP contribution is 2.35. The molecule has 1 heterocycles. The number of aromatic nitrogens is 1. The van der Waals surface area contributed by atoms with Gasteiger partial charge in [0.05, 0.1) is 10.5 Å². The average Bonchev–Trinajstić information content (AvgIpc) is 2.65. The van der Waals surface area contributed by atoms with Gasteiger partial charge in [0.2, 0.25) is 0 Å². The second-order valence-electron chi connectivity index (χ2n) is 3.75. The predicted octanol–water partition coefficient (Wildman–Crippen LogP) is 3.96. The van der Waals surface area contributed by atoms with Crippen molar-refractivity contribution in [3.63, 3.8) is 0 Å². The van der Waals surface area contributed by atoms with Crippen LogP contribution >= 0.6 is 23.2 Å². The maximum absolute atomic E-state index is 6.11. The summed E-state index contributed by atoms with van der Waals surface area (Å²) in [5.41, 5.74) is 3.79. The molecule has 3 heteroatoms. The van der Waals surface area contributed by atoms with Crippen LogP contribution < -0.4 is 0 Å². The summed E-state index contributed by atoms with van der Waals surface area (Å²) in [6.45, 7) is 0. The number of halogens is 2. The smallest absolute Gasteiger partial charge is 0.0662 e. The molecule has 1 aromatic heterocycles. The van der Waals surface area contributed by atoms with Gasteiger partial charge >= 0.3 is 0 Å². The topological polar surface area (TPSA) is 15.8 Å². The number of rotatable bonds is 0. The van der Waals surface area contributed by atoms with Gasteiger partial charge in [-0.2, -0.15) is 0 Å². The zero-order chi connectivity index (χ0) is 9.71. The van der Waals surface area contributed by atoms with Gasteiger partial charge in [-0.25, -0.2) is 0 Å². The van der Waals surface area contributed by atoms with E-state index in [0.29, 0.717) is 0 Å². The first kappa shape index (κ1) is 8.63. The highest BCUT2D eigenvalue weighted by molar-refractivity contribution is 6.38. The summed E-state index contributed by atoms with van der Waals surface area (Å²) in [5, 5.41) is 2.65. The maximum atomic E-state index is 6.11. The summed E-state index contributed by atoms with van der Waals surface area (Å²) in [6.07, 6.45) is 3.52. The zero-order valence-electron chi connectivity index (χ0n) is 7.53. The molecule has 1 aliphatic carbocycles. The van der Waals surface area contributed by atoms with Gasteiger partial charge in [0.25, 0.3) is 0 Å². The van der Waals surface area contributed by atoms with Gasteiger partial charge in [-0.3, -0.25) is 0 Å². The highest BCUT2D eigenvalue weighted by atomic mass is 35.5. The van der Waals surface area contributed by atoms with Crippen molar-refractivity contribution in [1.82, 2.24) is 4.98 Å². The van der Waals surface area contributed by atoms with E-state index < -0.39 is 0 Å². The molecule has 1 nitrogen and oxygen atoms in total. The molecule has 0 spiro atoms. The largest absolute Gasteiger partial charge is 0.357 e. The third-order valence-electron chi connectivity index (χ3n) is 2.87. The van der Waals surface area contributed by atoms with Gasteiger partial charge in [0.15, 0.2) is 0 Å². The number of hydrogen-bond acceptors (Lipinski definition) is 0. The molecule has 0 bridgehead atoms. The molecule has 14 heavy (non-hydrogen) atoms. The fourth-order valence-electron chi connectivity index (χ4n) is 2.27. The van der Waals surface area contributed by atoms with Crippen molar-refractivity contribution < 1.29 is 0 Å². The number of hydrogen-bond donors (Lipinski definition) is 1. The lowest BCUT2D eigenvalue weighted by molar-refractivity contribution is 0.899. The average molecular weight is 226 g/mol. The van der Waals surface area contributed by atoms with E-state index in [1.165, 1.54) is 23.1 Å². The number of fused-ring (bicyclic) bond motifs is 3. The molecule has 0 fully saturated rings. The van der Waals surface area contributed by atoms with Crippen molar-refractivity contribution in [2.45, 2.75) is 19.3 Å². The zero-order valence-corrected chi connectivity index (χ0v) is 9.04. The fraction of sp³-hybridized carbons (Fsp3) is 0.273. The lowest BCUT2D eigenvalue weighted by Crippen LogP contribution is -1.78. The molecule has 0 amide bonds. The van der Waals surface area contributed by atoms with Crippen LogP contribution in [0, 0.1) is 0 Å². The van der Waals surface area contributed by atoms with Crippen LogP contribution in [-0.2, 0) is 12.8 Å². The molecule has 0 atom stereocenters. The Morgan fingerprint density at radius 2 is 2.00 bits per heavy atom. The maximum Gasteiger partial charge on any atom is 0.0662 e. The van der Waals surface area contributed by atoms with Gasteiger partial charge in [-0.15, -0.1) is 0 Å². The second kappa shape index (κ2) is 2.91. The predicted molar refractivity (Wildman–Crippen MR) is 60.3 cm³/mol. The van der Waals surface area contributed by atoms with Crippen LogP contribution in [0.2, 0.25) is 10.0 Å². The first-order valence-corrected chi connectivity index (χ1v) is 5.50. The summed E-state index contributed by atoms with van der Waals surface area (Å²) in [5.74, 6) is 0. The number of nitrogens with one attached hydrogen (secondary N) is 1. The lowest BCUT2D eigenvalue weighted by atomic mass is 10.1. The molecule has 0 radical (unpaired) electrons. The Morgan fingerprint density at radius 3 is 2.86 bits per heavy atom. The van der Waals surface area contributed by atoms with Crippen LogP contribution in [0.5, 0.6) is 0 Å². The summed E-state index contributed by atoms with van der Waals surface area (Å²) in [6, 6.07) is 3.79. The summed E-state index contributed by atoms with van der Waals surface area (Å²) < 4.78 is 0. The third kappa shape index (κ3) is 1.09. The Hall–Kier alpha value is -0.660. The van der Waals surface area contributed by atoms with Crippen LogP contribution in [0.25, 0.3) is 10.9 Å². The fourth-order valence-corrected chi connectivity index (χ4v) is 2.81. The van der Waals surface area contributed by atoms with E-state index in [9.17, 15) is 0 Å². The number of H-pyrrole nitrogens is 1. The van der Waals surface area contributed by atoms with E-state index in [1.807, 2.05) is 6.07 Å². The molecule has 0 aliphatic heterocycles. The van der Waals surface area contributed by atoms with Gasteiger partial charge in [0.1, 0.15) is 0 Å². The summed E-state index contributed by atoms with van der Waals surface area (Å²) in [7, 11) is 0. The molecule has 0 unspecified atom stereocenters. The van der Waals surface area contributed by atoms with E-state index in [-0.39, 0.29) is 0 Å². The molecule has 3 rings (SSSR count). The molecule has 1 aromatic carbocycles. The monoisotopic (exact) mass is 225 g/mol. The standard InChI is InChI=1S/C11H9Cl2N/c12-6-4-8-7-2-1-3-10(7)14-11(8)9(13)5-6/h4-5,14H,1-3H2. The summed E-state index contributed by atoms with van der Waals surface area (Å²) >= 11 is 12.1. The van der Waals surface area contributed by atoms with Crippen LogP contribution in [0.4, 0.5) is 0 Å². The van der Waals surface area contributed by atoms with Crippen LogP contribution in [0.3, 0.4) is 0 Å². The number of benzene rings is 1. The van der Waals surface area contributed by atoms with Crippen molar-refractivity contribution in [3.8, 4) is 0 Å². The molecule has 1 N–H and O–H groups in total. The van der Waals surface area contributed by atoms with E-state index >= 15 is 0 Å². The molecule has 0 saturated carbocycles. The van der Waals surface area contributed by atoms with E-state index in [4.69, 9.17) is 23.2 Å². The first-order chi connectivity index (χ1) is 6.75. The van der Waals surface area contributed by atoms with Crippen LogP contribution in [-0.4, -0.2) is 4.98 Å².